The zero-order valence-electron chi connectivity index (χ0n) is 6.02. The van der Waals surface area contributed by atoms with Crippen LogP contribution in [0.25, 0.3) is 6.08 Å². The Morgan fingerprint density at radius 3 is 2.58 bits per heavy atom. The highest BCUT2D eigenvalue weighted by Gasteiger charge is 2.32. The van der Waals surface area contributed by atoms with Gasteiger partial charge in [0.25, 0.3) is 0 Å². The molecule has 0 atom stereocenters. The molecule has 1 aromatic rings. The average Bonchev–Trinajstić information content (AvgIpc) is 2.03. The van der Waals surface area contributed by atoms with E-state index in [1.807, 2.05) is 0 Å². The predicted octanol–water partition coefficient (Wildman–Crippen LogP) is 2.54. The number of aromatic nitrogens is 1. The minimum Gasteiger partial charge on any atom is -0.254 e. The average molecular weight is 172 g/mol. The summed E-state index contributed by atoms with van der Waals surface area (Å²) in [6, 6.07) is 0.803. The lowest BCUT2D eigenvalue weighted by atomic mass is 10.1. The molecule has 0 amide bonds. The number of hydrogen-bond donors (Lipinski definition) is 0. The van der Waals surface area contributed by atoms with Gasteiger partial charge in [0.2, 0.25) is 0 Å². The van der Waals surface area contributed by atoms with E-state index >= 15 is 0 Å². The van der Waals surface area contributed by atoms with E-state index in [1.165, 1.54) is 0 Å². The first-order chi connectivity index (χ1) is 5.55. The normalized spacial score (nSPS) is 11.2. The van der Waals surface area contributed by atoms with Crippen LogP contribution in [0.5, 0.6) is 0 Å². The molecule has 0 saturated carbocycles. The molecule has 0 unspecified atom stereocenters. The van der Waals surface area contributed by atoms with Crippen LogP contribution in [0.1, 0.15) is 11.1 Å². The van der Waals surface area contributed by atoms with Gasteiger partial charge in [0.15, 0.2) is 0 Å². The minimum absolute atomic E-state index is 0.0266. The molecule has 0 aromatic carbocycles. The fraction of sp³-hybridized carbons (Fsp3) is 0.125. The van der Waals surface area contributed by atoms with E-state index in [0.717, 1.165) is 18.3 Å². The Balaban J connectivity index is 3.23. The Hall–Kier alpha value is -1.32. The summed E-state index contributed by atoms with van der Waals surface area (Å²) in [5.74, 6) is 0. The molecular weight excluding hydrogens is 167 g/mol. The number of nitrogens with zero attached hydrogens (tertiary/aromatic N) is 1. The van der Waals surface area contributed by atoms with Crippen LogP contribution in [-0.2, 0) is 6.18 Å². The zero-order chi connectivity index (χ0) is 9.19. The van der Waals surface area contributed by atoms with E-state index in [9.17, 15) is 13.2 Å². The molecule has 4 heteroatoms. The number of pyridine rings is 1. The minimum atomic E-state index is -4.36. The van der Waals surface area contributed by atoms with Crippen molar-refractivity contribution in [3.8, 4) is 0 Å². The topological polar surface area (TPSA) is 12.9 Å². The molecular formula is C8H5F3N. The number of halogens is 3. The first-order valence-electron chi connectivity index (χ1n) is 3.11. The van der Waals surface area contributed by atoms with Crippen LogP contribution in [0.2, 0.25) is 0 Å². The molecule has 0 N–H and O–H groups in total. The molecule has 0 bridgehead atoms. The molecule has 1 rings (SSSR count). The van der Waals surface area contributed by atoms with Gasteiger partial charge in [-0.1, -0.05) is 12.7 Å². The molecule has 0 saturated heterocycles. The van der Waals surface area contributed by atoms with Gasteiger partial charge in [0.05, 0.1) is 11.8 Å². The standard InChI is InChI=1S/C8H5F3N/c1-2-6-5-12-4-3-7(6)8(9,10)11/h2-3,5H,1H2. The van der Waals surface area contributed by atoms with Crippen LogP contribution in [0, 0.1) is 6.20 Å². The Labute approximate surface area is 67.6 Å². The van der Waals surface area contributed by atoms with Crippen molar-refractivity contribution in [2.75, 3.05) is 0 Å². The molecule has 1 aromatic heterocycles. The maximum absolute atomic E-state index is 12.1. The number of hydrogen-bond acceptors (Lipinski definition) is 1. The molecule has 1 nitrogen and oxygen atoms in total. The van der Waals surface area contributed by atoms with Gasteiger partial charge in [-0.3, -0.25) is 4.98 Å². The highest BCUT2D eigenvalue weighted by molar-refractivity contribution is 5.50. The van der Waals surface area contributed by atoms with Gasteiger partial charge in [-0.15, -0.1) is 0 Å². The Morgan fingerprint density at radius 1 is 1.50 bits per heavy atom. The third-order valence-corrected chi connectivity index (χ3v) is 1.32. The monoisotopic (exact) mass is 172 g/mol. The van der Waals surface area contributed by atoms with Crippen molar-refractivity contribution in [3.63, 3.8) is 0 Å². The fourth-order valence-corrected chi connectivity index (χ4v) is 0.770. The second kappa shape index (κ2) is 2.97. The highest BCUT2D eigenvalue weighted by Crippen LogP contribution is 2.31. The van der Waals surface area contributed by atoms with Gasteiger partial charge >= 0.3 is 6.18 Å². The molecule has 12 heavy (non-hydrogen) atoms. The molecule has 1 heterocycles. The molecule has 63 valence electrons. The van der Waals surface area contributed by atoms with Gasteiger partial charge in [-0.2, -0.15) is 13.2 Å². The zero-order valence-corrected chi connectivity index (χ0v) is 6.02. The number of alkyl halides is 3. The first-order valence-corrected chi connectivity index (χ1v) is 3.11. The van der Waals surface area contributed by atoms with Gasteiger partial charge in [0, 0.05) is 11.8 Å². The first kappa shape index (κ1) is 8.77. The van der Waals surface area contributed by atoms with Crippen molar-refractivity contribution < 1.29 is 13.2 Å². The van der Waals surface area contributed by atoms with E-state index in [-0.39, 0.29) is 5.56 Å². The van der Waals surface area contributed by atoms with Crippen LogP contribution in [-0.4, -0.2) is 4.98 Å². The van der Waals surface area contributed by atoms with Crippen molar-refractivity contribution in [1.82, 2.24) is 4.98 Å². The number of rotatable bonds is 1. The van der Waals surface area contributed by atoms with E-state index in [1.54, 1.807) is 0 Å². The van der Waals surface area contributed by atoms with Gasteiger partial charge in [-0.25, -0.2) is 0 Å². The third kappa shape index (κ3) is 1.64. The predicted molar refractivity (Wildman–Crippen MR) is 38.2 cm³/mol. The van der Waals surface area contributed by atoms with E-state index in [2.05, 4.69) is 17.8 Å². The SMILES string of the molecule is C=Cc1cn[c]cc1C(F)(F)F. The summed E-state index contributed by atoms with van der Waals surface area (Å²) >= 11 is 0. The Kier molecular flexibility index (Phi) is 2.17. The second-order valence-corrected chi connectivity index (χ2v) is 2.10. The quantitative estimate of drug-likeness (QED) is 0.634. The van der Waals surface area contributed by atoms with Crippen molar-refractivity contribution in [2.24, 2.45) is 0 Å². The molecule has 0 aliphatic rings. The van der Waals surface area contributed by atoms with E-state index < -0.39 is 11.7 Å². The summed E-state index contributed by atoms with van der Waals surface area (Å²) in [4.78, 5) is 3.43. The lowest BCUT2D eigenvalue weighted by Crippen LogP contribution is -2.07. The lowest BCUT2D eigenvalue weighted by Gasteiger charge is -2.07. The summed E-state index contributed by atoms with van der Waals surface area (Å²) in [5.41, 5.74) is -0.784. The summed E-state index contributed by atoms with van der Waals surface area (Å²) in [5, 5.41) is 0. The molecule has 0 aliphatic carbocycles. The van der Waals surface area contributed by atoms with Crippen molar-refractivity contribution in [3.05, 3.63) is 36.2 Å². The van der Waals surface area contributed by atoms with Crippen molar-refractivity contribution in [1.29, 1.82) is 0 Å². The largest absolute Gasteiger partial charge is 0.417 e. The van der Waals surface area contributed by atoms with Crippen molar-refractivity contribution in [2.45, 2.75) is 6.18 Å². The molecule has 0 aliphatic heterocycles. The summed E-state index contributed by atoms with van der Waals surface area (Å²) in [7, 11) is 0. The smallest absolute Gasteiger partial charge is 0.254 e. The van der Waals surface area contributed by atoms with Crippen LogP contribution < -0.4 is 0 Å². The van der Waals surface area contributed by atoms with Crippen LogP contribution in [0.15, 0.2) is 18.8 Å². The van der Waals surface area contributed by atoms with Gasteiger partial charge < -0.3 is 0 Å². The lowest BCUT2D eigenvalue weighted by molar-refractivity contribution is -0.137. The van der Waals surface area contributed by atoms with Gasteiger partial charge in [0.1, 0.15) is 0 Å². The Morgan fingerprint density at radius 2 is 2.17 bits per heavy atom. The van der Waals surface area contributed by atoms with Crippen LogP contribution in [0.4, 0.5) is 13.2 Å². The fourth-order valence-electron chi connectivity index (χ4n) is 0.770. The molecule has 1 radical (unpaired) electrons. The van der Waals surface area contributed by atoms with E-state index in [0.29, 0.717) is 0 Å². The summed E-state index contributed by atoms with van der Waals surface area (Å²) < 4.78 is 36.4. The summed E-state index contributed by atoms with van der Waals surface area (Å²) in [6.07, 6.45) is -0.0398. The van der Waals surface area contributed by atoms with Crippen LogP contribution in [0.3, 0.4) is 0 Å². The Bertz CT molecular complexity index is 291. The molecule has 0 fully saturated rings. The van der Waals surface area contributed by atoms with Crippen LogP contribution >= 0.6 is 0 Å². The summed E-state index contributed by atoms with van der Waals surface area (Å²) in [6.45, 7) is 3.25. The van der Waals surface area contributed by atoms with Crippen molar-refractivity contribution >= 4 is 6.08 Å². The second-order valence-electron chi connectivity index (χ2n) is 2.10. The van der Waals surface area contributed by atoms with E-state index in [4.69, 9.17) is 0 Å². The van der Waals surface area contributed by atoms with Gasteiger partial charge in [-0.05, 0) is 6.07 Å². The molecule has 0 spiro atoms. The third-order valence-electron chi connectivity index (χ3n) is 1.32. The maximum atomic E-state index is 12.1. The highest BCUT2D eigenvalue weighted by atomic mass is 19.4. The maximum Gasteiger partial charge on any atom is 0.417 e.